The third-order valence-electron chi connectivity index (χ3n) is 4.53. The molecule has 26 heavy (non-hydrogen) atoms. The highest BCUT2D eigenvalue weighted by Crippen LogP contribution is 2.20. The lowest BCUT2D eigenvalue weighted by molar-refractivity contribution is -0.134. The molecule has 0 fully saturated rings. The van der Waals surface area contributed by atoms with E-state index in [0.717, 1.165) is 28.7 Å². The predicted octanol–water partition coefficient (Wildman–Crippen LogP) is 0.783. The van der Waals surface area contributed by atoms with Crippen molar-refractivity contribution in [3.63, 3.8) is 0 Å². The van der Waals surface area contributed by atoms with Gasteiger partial charge in [0.15, 0.2) is 0 Å². The number of amides is 1. The minimum Gasteiger partial charge on any atom is -0.394 e. The molecule has 0 saturated heterocycles. The van der Waals surface area contributed by atoms with E-state index in [1.807, 2.05) is 36.4 Å². The maximum Gasteiger partial charge on any atom is 0.242 e. The summed E-state index contributed by atoms with van der Waals surface area (Å²) in [5.74, 6) is 6.08. The Morgan fingerprint density at radius 2 is 1.77 bits per heavy atom. The summed E-state index contributed by atoms with van der Waals surface area (Å²) in [4.78, 5) is 13.8. The summed E-state index contributed by atoms with van der Waals surface area (Å²) in [6.45, 7) is 0.800. The van der Waals surface area contributed by atoms with Gasteiger partial charge in [0, 0.05) is 24.2 Å². The van der Waals surface area contributed by atoms with E-state index in [-0.39, 0.29) is 19.1 Å². The smallest absolute Gasteiger partial charge is 0.242 e. The molecule has 5 heteroatoms. The molecule has 3 rings (SSSR count). The number of aliphatic hydroxyl groups excluding tert-OH is 2. The van der Waals surface area contributed by atoms with Gasteiger partial charge in [-0.3, -0.25) is 4.79 Å². The van der Waals surface area contributed by atoms with Crippen LogP contribution in [0.5, 0.6) is 0 Å². The second-order valence-electron chi connectivity index (χ2n) is 6.39. The average Bonchev–Trinajstić information content (AvgIpc) is 2.70. The van der Waals surface area contributed by atoms with Crippen molar-refractivity contribution >= 4 is 5.91 Å². The molecule has 0 saturated carbocycles. The molecule has 0 unspecified atom stereocenters. The van der Waals surface area contributed by atoms with Gasteiger partial charge < -0.3 is 20.8 Å². The van der Waals surface area contributed by atoms with E-state index >= 15 is 0 Å². The van der Waals surface area contributed by atoms with Crippen molar-refractivity contribution in [2.24, 2.45) is 5.73 Å². The van der Waals surface area contributed by atoms with Crippen LogP contribution in [-0.4, -0.2) is 40.2 Å². The van der Waals surface area contributed by atoms with E-state index in [2.05, 4.69) is 17.9 Å². The van der Waals surface area contributed by atoms with Crippen LogP contribution in [0.2, 0.25) is 0 Å². The molecule has 0 bridgehead atoms. The molecule has 2 aromatic rings. The average molecular weight is 350 g/mol. The summed E-state index contributed by atoms with van der Waals surface area (Å²) in [5.41, 5.74) is 10.6. The Kier molecular flexibility index (Phi) is 5.69. The van der Waals surface area contributed by atoms with Crippen LogP contribution in [0.15, 0.2) is 42.5 Å². The van der Waals surface area contributed by atoms with Crippen LogP contribution in [0.3, 0.4) is 0 Å². The second-order valence-corrected chi connectivity index (χ2v) is 6.39. The number of carbonyl (C=O) groups is 1. The molecule has 1 aliphatic rings. The molecular formula is C21H22N2O3. The van der Waals surface area contributed by atoms with E-state index in [1.54, 1.807) is 4.90 Å². The Morgan fingerprint density at radius 1 is 1.08 bits per heavy atom. The molecule has 1 aliphatic heterocycles. The Labute approximate surface area is 153 Å². The Hall–Kier alpha value is -2.65. The lowest BCUT2D eigenvalue weighted by Gasteiger charge is -2.30. The minimum atomic E-state index is -0.848. The van der Waals surface area contributed by atoms with E-state index in [0.29, 0.717) is 13.1 Å². The fraction of sp³-hybridized carbons (Fsp3) is 0.286. The number of aliphatic hydroxyl groups is 2. The zero-order chi connectivity index (χ0) is 18.5. The standard InChI is InChI=1S/C21H22N2O3/c22-20(14-25)21(26)23-10-9-18-11-16(7-8-19(18)12-23)4-1-15-2-5-17(13-24)6-3-15/h2-3,5-8,11,20,24-25H,9-10,12-14,22H2/t20-/m1/s1. The predicted molar refractivity (Wildman–Crippen MR) is 99.0 cm³/mol. The second kappa shape index (κ2) is 8.15. The maximum absolute atomic E-state index is 12.1. The van der Waals surface area contributed by atoms with E-state index in [9.17, 15) is 4.79 Å². The molecule has 0 radical (unpaired) electrons. The highest BCUT2D eigenvalue weighted by Gasteiger charge is 2.24. The number of nitrogens with two attached hydrogens (primary N) is 1. The lowest BCUT2D eigenvalue weighted by Crippen LogP contribution is -2.47. The van der Waals surface area contributed by atoms with E-state index in [4.69, 9.17) is 15.9 Å². The number of nitrogens with zero attached hydrogens (tertiary/aromatic N) is 1. The molecule has 2 aromatic carbocycles. The van der Waals surface area contributed by atoms with Crippen LogP contribution in [0.4, 0.5) is 0 Å². The maximum atomic E-state index is 12.1. The normalized spacial score (nSPS) is 14.2. The first-order valence-electron chi connectivity index (χ1n) is 8.59. The number of hydrogen-bond donors (Lipinski definition) is 3. The van der Waals surface area contributed by atoms with Gasteiger partial charge in [-0.1, -0.05) is 30.0 Å². The van der Waals surface area contributed by atoms with Crippen molar-refractivity contribution in [2.75, 3.05) is 13.2 Å². The summed E-state index contributed by atoms with van der Waals surface area (Å²) in [5, 5.41) is 18.1. The van der Waals surface area contributed by atoms with Crippen LogP contribution in [0.25, 0.3) is 0 Å². The first-order valence-corrected chi connectivity index (χ1v) is 8.59. The van der Waals surface area contributed by atoms with Gasteiger partial charge in [-0.2, -0.15) is 0 Å². The van der Waals surface area contributed by atoms with Gasteiger partial charge in [0.05, 0.1) is 13.2 Å². The summed E-state index contributed by atoms with van der Waals surface area (Å²) >= 11 is 0. The van der Waals surface area contributed by atoms with Crippen LogP contribution in [-0.2, 0) is 24.4 Å². The molecule has 4 N–H and O–H groups in total. The third kappa shape index (κ3) is 4.12. The Morgan fingerprint density at radius 3 is 2.46 bits per heavy atom. The molecule has 5 nitrogen and oxygen atoms in total. The van der Waals surface area contributed by atoms with Gasteiger partial charge in [0.2, 0.25) is 5.91 Å². The van der Waals surface area contributed by atoms with Crippen molar-refractivity contribution in [1.82, 2.24) is 4.90 Å². The summed E-state index contributed by atoms with van der Waals surface area (Å²) in [6.07, 6.45) is 0.750. The molecule has 1 atom stereocenters. The Bertz CT molecular complexity index is 850. The molecule has 134 valence electrons. The molecular weight excluding hydrogens is 328 g/mol. The number of benzene rings is 2. The van der Waals surface area contributed by atoms with Gasteiger partial charge in [-0.25, -0.2) is 0 Å². The summed E-state index contributed by atoms with van der Waals surface area (Å²) < 4.78 is 0. The molecule has 0 spiro atoms. The van der Waals surface area contributed by atoms with Gasteiger partial charge >= 0.3 is 0 Å². The van der Waals surface area contributed by atoms with Gasteiger partial charge in [0.1, 0.15) is 6.04 Å². The van der Waals surface area contributed by atoms with Gasteiger partial charge in [-0.05, 0) is 47.4 Å². The monoisotopic (exact) mass is 350 g/mol. The summed E-state index contributed by atoms with van der Waals surface area (Å²) in [7, 11) is 0. The van der Waals surface area contributed by atoms with Crippen LogP contribution in [0.1, 0.15) is 27.8 Å². The number of fused-ring (bicyclic) bond motifs is 1. The van der Waals surface area contributed by atoms with Crippen molar-refractivity contribution in [3.05, 3.63) is 70.3 Å². The SMILES string of the molecule is N[C@H](CO)C(=O)N1CCc2cc(C#Cc3ccc(CO)cc3)ccc2C1. The number of carbonyl (C=O) groups excluding carboxylic acids is 1. The highest BCUT2D eigenvalue weighted by molar-refractivity contribution is 5.82. The fourth-order valence-electron chi connectivity index (χ4n) is 2.97. The van der Waals surface area contributed by atoms with Crippen molar-refractivity contribution in [1.29, 1.82) is 0 Å². The topological polar surface area (TPSA) is 86.8 Å². The van der Waals surface area contributed by atoms with Crippen molar-refractivity contribution in [2.45, 2.75) is 25.6 Å². The quantitative estimate of drug-likeness (QED) is 0.714. The largest absolute Gasteiger partial charge is 0.394 e. The first kappa shape index (κ1) is 18.2. The van der Waals surface area contributed by atoms with Gasteiger partial charge in [-0.15, -0.1) is 0 Å². The van der Waals surface area contributed by atoms with Crippen molar-refractivity contribution < 1.29 is 15.0 Å². The van der Waals surface area contributed by atoms with Crippen molar-refractivity contribution in [3.8, 4) is 11.8 Å². The summed E-state index contributed by atoms with van der Waals surface area (Å²) in [6, 6.07) is 12.7. The first-order chi connectivity index (χ1) is 12.6. The van der Waals surface area contributed by atoms with E-state index in [1.165, 1.54) is 5.56 Å². The van der Waals surface area contributed by atoms with E-state index < -0.39 is 6.04 Å². The van der Waals surface area contributed by atoms with Crippen LogP contribution in [0, 0.1) is 11.8 Å². The fourth-order valence-corrected chi connectivity index (χ4v) is 2.97. The molecule has 0 aliphatic carbocycles. The zero-order valence-electron chi connectivity index (χ0n) is 14.5. The van der Waals surface area contributed by atoms with Crippen LogP contribution < -0.4 is 5.73 Å². The third-order valence-corrected chi connectivity index (χ3v) is 4.53. The zero-order valence-corrected chi connectivity index (χ0v) is 14.5. The van der Waals surface area contributed by atoms with Crippen LogP contribution >= 0.6 is 0 Å². The minimum absolute atomic E-state index is 0.0290. The van der Waals surface area contributed by atoms with Gasteiger partial charge in [0.25, 0.3) is 0 Å². The Balaban J connectivity index is 1.72. The lowest BCUT2D eigenvalue weighted by atomic mass is 9.97. The molecule has 1 amide bonds. The molecule has 1 heterocycles. The highest BCUT2D eigenvalue weighted by atomic mass is 16.3. The molecule has 0 aromatic heterocycles. The number of rotatable bonds is 3. The number of hydrogen-bond acceptors (Lipinski definition) is 4.